The molecule has 2 aromatic rings. The highest BCUT2D eigenvalue weighted by molar-refractivity contribution is 5.98. The fourth-order valence-electron chi connectivity index (χ4n) is 2.45. The SMILES string of the molecule is Cc1noc(C)c1C(C)NCc1ccccc1C(N)=NO. The maximum absolute atomic E-state index is 8.83. The largest absolute Gasteiger partial charge is 0.409 e. The van der Waals surface area contributed by atoms with Crippen molar-refractivity contribution in [3.05, 3.63) is 52.4 Å². The van der Waals surface area contributed by atoms with Gasteiger partial charge in [0.15, 0.2) is 5.84 Å². The predicted molar refractivity (Wildman–Crippen MR) is 80.2 cm³/mol. The van der Waals surface area contributed by atoms with Crippen LogP contribution >= 0.6 is 0 Å². The fraction of sp³-hybridized carbons (Fsp3) is 0.333. The van der Waals surface area contributed by atoms with E-state index in [-0.39, 0.29) is 11.9 Å². The van der Waals surface area contributed by atoms with Gasteiger partial charge in [-0.3, -0.25) is 0 Å². The van der Waals surface area contributed by atoms with Crippen molar-refractivity contribution in [2.75, 3.05) is 0 Å². The molecule has 0 bridgehead atoms. The Morgan fingerprint density at radius 3 is 2.76 bits per heavy atom. The number of hydrogen-bond donors (Lipinski definition) is 3. The molecule has 0 aliphatic heterocycles. The number of nitrogens with two attached hydrogens (primary N) is 1. The molecule has 1 aromatic carbocycles. The molecule has 112 valence electrons. The highest BCUT2D eigenvalue weighted by Crippen LogP contribution is 2.21. The van der Waals surface area contributed by atoms with Gasteiger partial charge >= 0.3 is 0 Å². The minimum absolute atomic E-state index is 0.0941. The number of nitrogens with zero attached hydrogens (tertiary/aromatic N) is 2. The molecule has 0 aliphatic rings. The zero-order valence-electron chi connectivity index (χ0n) is 12.4. The van der Waals surface area contributed by atoms with Gasteiger partial charge < -0.3 is 20.8 Å². The first-order chi connectivity index (χ1) is 10.0. The lowest BCUT2D eigenvalue weighted by atomic mass is 10.0. The maximum atomic E-state index is 8.83. The van der Waals surface area contributed by atoms with E-state index in [0.717, 1.165) is 28.1 Å². The first-order valence-electron chi connectivity index (χ1n) is 6.76. The van der Waals surface area contributed by atoms with Crippen LogP contribution in [0.4, 0.5) is 0 Å². The topological polar surface area (TPSA) is 96.7 Å². The average molecular weight is 288 g/mol. The summed E-state index contributed by atoms with van der Waals surface area (Å²) in [6, 6.07) is 7.64. The minimum atomic E-state index is 0.0941. The fourth-order valence-corrected chi connectivity index (χ4v) is 2.45. The normalized spacial score (nSPS) is 13.4. The highest BCUT2D eigenvalue weighted by Gasteiger charge is 2.16. The Morgan fingerprint density at radius 1 is 1.43 bits per heavy atom. The Labute approximate surface area is 123 Å². The van der Waals surface area contributed by atoms with Crippen LogP contribution in [0.5, 0.6) is 0 Å². The van der Waals surface area contributed by atoms with E-state index < -0.39 is 0 Å². The highest BCUT2D eigenvalue weighted by atomic mass is 16.5. The molecule has 0 aliphatic carbocycles. The molecule has 0 saturated heterocycles. The van der Waals surface area contributed by atoms with Crippen molar-refractivity contribution in [3.63, 3.8) is 0 Å². The molecule has 0 spiro atoms. The molecule has 21 heavy (non-hydrogen) atoms. The van der Waals surface area contributed by atoms with Crippen LogP contribution in [0.1, 0.15) is 41.1 Å². The lowest BCUT2D eigenvalue weighted by Gasteiger charge is -2.15. The summed E-state index contributed by atoms with van der Waals surface area (Å²) < 4.78 is 5.19. The molecular formula is C15H20N4O2. The number of nitrogens with one attached hydrogen (secondary N) is 1. The van der Waals surface area contributed by atoms with Crippen molar-refractivity contribution < 1.29 is 9.73 Å². The smallest absolute Gasteiger partial charge is 0.170 e. The molecule has 1 aromatic heterocycles. The third-order valence-corrected chi connectivity index (χ3v) is 3.52. The van der Waals surface area contributed by atoms with Gasteiger partial charge in [-0.05, 0) is 26.3 Å². The van der Waals surface area contributed by atoms with Crippen LogP contribution in [0.3, 0.4) is 0 Å². The monoisotopic (exact) mass is 288 g/mol. The number of oxime groups is 1. The van der Waals surface area contributed by atoms with Gasteiger partial charge in [0.05, 0.1) is 5.69 Å². The molecule has 2 rings (SSSR count). The van der Waals surface area contributed by atoms with Gasteiger partial charge in [-0.25, -0.2) is 0 Å². The summed E-state index contributed by atoms with van der Waals surface area (Å²) in [4.78, 5) is 0. The van der Waals surface area contributed by atoms with Gasteiger partial charge in [0.2, 0.25) is 0 Å². The van der Waals surface area contributed by atoms with Crippen LogP contribution in [-0.4, -0.2) is 16.2 Å². The van der Waals surface area contributed by atoms with E-state index >= 15 is 0 Å². The molecule has 6 nitrogen and oxygen atoms in total. The number of hydrogen-bond acceptors (Lipinski definition) is 5. The molecular weight excluding hydrogens is 268 g/mol. The van der Waals surface area contributed by atoms with E-state index in [4.69, 9.17) is 15.5 Å². The summed E-state index contributed by atoms with van der Waals surface area (Å²) >= 11 is 0. The third-order valence-electron chi connectivity index (χ3n) is 3.52. The number of aromatic nitrogens is 1. The summed E-state index contributed by atoms with van der Waals surface area (Å²) in [6.07, 6.45) is 0. The first-order valence-corrected chi connectivity index (χ1v) is 6.76. The van der Waals surface area contributed by atoms with Crippen LogP contribution in [-0.2, 0) is 6.54 Å². The Balaban J connectivity index is 2.14. The second-order valence-corrected chi connectivity index (χ2v) is 4.98. The van der Waals surface area contributed by atoms with Crippen LogP contribution < -0.4 is 11.1 Å². The number of amidine groups is 1. The van der Waals surface area contributed by atoms with E-state index in [9.17, 15) is 0 Å². The summed E-state index contributed by atoms with van der Waals surface area (Å²) in [6.45, 7) is 6.47. The first kappa shape index (κ1) is 15.1. The van der Waals surface area contributed by atoms with Gasteiger partial charge in [-0.2, -0.15) is 0 Å². The van der Waals surface area contributed by atoms with Crippen LogP contribution in [0.15, 0.2) is 33.9 Å². The van der Waals surface area contributed by atoms with Crippen molar-refractivity contribution in [2.45, 2.75) is 33.4 Å². The lowest BCUT2D eigenvalue weighted by Crippen LogP contribution is -2.22. The van der Waals surface area contributed by atoms with Crippen LogP contribution in [0.25, 0.3) is 0 Å². The molecule has 1 unspecified atom stereocenters. The second kappa shape index (κ2) is 6.41. The zero-order chi connectivity index (χ0) is 15.4. The summed E-state index contributed by atoms with van der Waals surface area (Å²) in [7, 11) is 0. The molecule has 1 heterocycles. The Kier molecular flexibility index (Phi) is 4.59. The minimum Gasteiger partial charge on any atom is -0.409 e. The van der Waals surface area contributed by atoms with Gasteiger partial charge in [0.1, 0.15) is 5.76 Å². The Hall–Kier alpha value is -2.34. The summed E-state index contributed by atoms with van der Waals surface area (Å²) in [5, 5.41) is 19.3. The maximum Gasteiger partial charge on any atom is 0.170 e. The quantitative estimate of drug-likeness (QED) is 0.339. The van der Waals surface area contributed by atoms with Gasteiger partial charge in [0.25, 0.3) is 0 Å². The molecule has 6 heteroatoms. The molecule has 1 atom stereocenters. The number of aryl methyl sites for hydroxylation is 2. The molecule has 0 radical (unpaired) electrons. The average Bonchev–Trinajstić information content (AvgIpc) is 2.83. The standard InChI is InChI=1S/C15H20N4O2/c1-9(14-10(2)19-21-11(14)3)17-8-12-6-4-5-7-13(12)15(16)18-20/h4-7,9,17,20H,8H2,1-3H3,(H2,16,18). The van der Waals surface area contributed by atoms with Crippen molar-refractivity contribution in [3.8, 4) is 0 Å². The van der Waals surface area contributed by atoms with Crippen LogP contribution in [0, 0.1) is 13.8 Å². The Morgan fingerprint density at radius 2 is 2.14 bits per heavy atom. The molecule has 4 N–H and O–H groups in total. The number of rotatable bonds is 5. The van der Waals surface area contributed by atoms with Gasteiger partial charge in [-0.1, -0.05) is 34.6 Å². The van der Waals surface area contributed by atoms with E-state index in [1.165, 1.54) is 0 Å². The van der Waals surface area contributed by atoms with Crippen LogP contribution in [0.2, 0.25) is 0 Å². The van der Waals surface area contributed by atoms with Gasteiger partial charge in [0, 0.05) is 23.7 Å². The molecule has 0 amide bonds. The third kappa shape index (κ3) is 3.22. The predicted octanol–water partition coefficient (Wildman–Crippen LogP) is 2.24. The summed E-state index contributed by atoms with van der Waals surface area (Å²) in [5.74, 6) is 0.926. The van der Waals surface area contributed by atoms with E-state index in [1.54, 1.807) is 0 Å². The number of benzene rings is 1. The van der Waals surface area contributed by atoms with E-state index in [0.29, 0.717) is 6.54 Å². The van der Waals surface area contributed by atoms with Crippen molar-refractivity contribution >= 4 is 5.84 Å². The van der Waals surface area contributed by atoms with E-state index in [2.05, 4.69) is 22.6 Å². The van der Waals surface area contributed by atoms with E-state index in [1.807, 2.05) is 38.1 Å². The van der Waals surface area contributed by atoms with Gasteiger partial charge in [-0.15, -0.1) is 0 Å². The van der Waals surface area contributed by atoms with Crippen molar-refractivity contribution in [1.82, 2.24) is 10.5 Å². The summed E-state index contributed by atoms with van der Waals surface area (Å²) in [5.41, 5.74) is 9.33. The zero-order valence-corrected chi connectivity index (χ0v) is 12.4. The molecule has 0 fully saturated rings. The lowest BCUT2D eigenvalue weighted by molar-refractivity contribution is 0.318. The van der Waals surface area contributed by atoms with Crippen molar-refractivity contribution in [1.29, 1.82) is 0 Å². The Bertz CT molecular complexity index is 629. The second-order valence-electron chi connectivity index (χ2n) is 4.98. The molecule has 0 saturated carbocycles. The van der Waals surface area contributed by atoms with Crippen molar-refractivity contribution in [2.24, 2.45) is 10.9 Å².